The third-order valence-electron chi connectivity index (χ3n) is 5.87. The van der Waals surface area contributed by atoms with Crippen LogP contribution in [0.1, 0.15) is 77.0 Å². The minimum atomic E-state index is -0.138. The molecule has 24 heavy (non-hydrogen) atoms. The van der Waals surface area contributed by atoms with Crippen LogP contribution in [0.4, 0.5) is 0 Å². The lowest BCUT2D eigenvalue weighted by atomic mass is 9.97. The van der Waals surface area contributed by atoms with Crippen LogP contribution in [0.5, 0.6) is 0 Å². The zero-order valence-electron chi connectivity index (χ0n) is 14.9. The molecule has 2 aliphatic carbocycles. The third-order valence-corrected chi connectivity index (χ3v) is 5.87. The standard InChI is InChI=1S/C20H32N2O2/c23-19-14-17(20(24)21-18-10-6-1-2-7-11-18)15-22(19)13-12-16-8-4-3-5-9-16/h8,17-18H,1-7,9-15H2,(H,21,24). The fourth-order valence-electron chi connectivity index (χ4n) is 4.32. The van der Waals surface area contributed by atoms with Gasteiger partial charge in [0, 0.05) is 25.6 Å². The second-order valence-corrected chi connectivity index (χ2v) is 7.80. The number of nitrogens with one attached hydrogen (secondary N) is 1. The highest BCUT2D eigenvalue weighted by Gasteiger charge is 2.34. The van der Waals surface area contributed by atoms with E-state index in [4.69, 9.17) is 0 Å². The molecule has 0 aromatic heterocycles. The Morgan fingerprint density at radius 2 is 1.92 bits per heavy atom. The molecule has 2 fully saturated rings. The molecule has 1 N–H and O–H groups in total. The van der Waals surface area contributed by atoms with Crippen LogP contribution in [0.2, 0.25) is 0 Å². The van der Waals surface area contributed by atoms with Gasteiger partial charge >= 0.3 is 0 Å². The van der Waals surface area contributed by atoms with Gasteiger partial charge in [-0.25, -0.2) is 0 Å². The molecule has 3 rings (SSSR count). The lowest BCUT2D eigenvalue weighted by Gasteiger charge is -2.21. The van der Waals surface area contributed by atoms with Crippen LogP contribution >= 0.6 is 0 Å². The third kappa shape index (κ3) is 4.84. The Kier molecular flexibility index (Phi) is 6.33. The lowest BCUT2D eigenvalue weighted by Crippen LogP contribution is -2.39. The van der Waals surface area contributed by atoms with Crippen molar-refractivity contribution in [1.29, 1.82) is 0 Å². The van der Waals surface area contributed by atoms with Gasteiger partial charge in [-0.2, -0.15) is 0 Å². The molecule has 1 aliphatic heterocycles. The van der Waals surface area contributed by atoms with Gasteiger partial charge < -0.3 is 10.2 Å². The van der Waals surface area contributed by atoms with E-state index in [2.05, 4.69) is 11.4 Å². The smallest absolute Gasteiger partial charge is 0.225 e. The summed E-state index contributed by atoms with van der Waals surface area (Å²) in [7, 11) is 0. The number of carbonyl (C=O) groups is 2. The summed E-state index contributed by atoms with van der Waals surface area (Å²) in [6.45, 7) is 1.41. The van der Waals surface area contributed by atoms with Gasteiger partial charge in [-0.3, -0.25) is 9.59 Å². The van der Waals surface area contributed by atoms with Crippen molar-refractivity contribution >= 4 is 11.8 Å². The number of rotatable bonds is 5. The average molecular weight is 332 g/mol. The zero-order valence-corrected chi connectivity index (χ0v) is 14.9. The normalized spacial score (nSPS) is 26.2. The fraction of sp³-hybridized carbons (Fsp3) is 0.800. The molecule has 1 saturated carbocycles. The Morgan fingerprint density at radius 1 is 1.12 bits per heavy atom. The number of allylic oxidation sites excluding steroid dienone is 1. The first-order chi connectivity index (χ1) is 11.7. The average Bonchev–Trinajstić information content (AvgIpc) is 2.80. The number of amides is 2. The van der Waals surface area contributed by atoms with Gasteiger partial charge in [0.15, 0.2) is 0 Å². The highest BCUT2D eigenvalue weighted by molar-refractivity contribution is 5.89. The van der Waals surface area contributed by atoms with Crippen molar-refractivity contribution in [3.05, 3.63) is 11.6 Å². The number of hydrogen-bond donors (Lipinski definition) is 1. The maximum absolute atomic E-state index is 12.5. The molecule has 4 nitrogen and oxygen atoms in total. The molecular weight excluding hydrogens is 300 g/mol. The van der Waals surface area contributed by atoms with E-state index in [9.17, 15) is 9.59 Å². The van der Waals surface area contributed by atoms with E-state index < -0.39 is 0 Å². The van der Waals surface area contributed by atoms with Crippen molar-refractivity contribution in [2.45, 2.75) is 83.1 Å². The summed E-state index contributed by atoms with van der Waals surface area (Å²) in [5.41, 5.74) is 1.50. The van der Waals surface area contributed by atoms with Crippen LogP contribution in [0.25, 0.3) is 0 Å². The summed E-state index contributed by atoms with van der Waals surface area (Å²) in [5, 5.41) is 3.22. The number of nitrogens with zero attached hydrogens (tertiary/aromatic N) is 1. The molecule has 1 atom stereocenters. The highest BCUT2D eigenvalue weighted by atomic mass is 16.2. The van der Waals surface area contributed by atoms with Crippen molar-refractivity contribution in [1.82, 2.24) is 10.2 Å². The van der Waals surface area contributed by atoms with E-state index >= 15 is 0 Å². The van der Waals surface area contributed by atoms with Gasteiger partial charge in [-0.1, -0.05) is 37.3 Å². The summed E-state index contributed by atoms with van der Waals surface area (Å²) in [5.74, 6) is 0.128. The largest absolute Gasteiger partial charge is 0.353 e. The monoisotopic (exact) mass is 332 g/mol. The molecule has 134 valence electrons. The van der Waals surface area contributed by atoms with Gasteiger partial charge in [0.05, 0.1) is 5.92 Å². The Morgan fingerprint density at radius 3 is 2.62 bits per heavy atom. The van der Waals surface area contributed by atoms with Crippen molar-refractivity contribution in [3.63, 3.8) is 0 Å². The molecule has 0 spiro atoms. The van der Waals surface area contributed by atoms with Gasteiger partial charge in [0.25, 0.3) is 0 Å². The molecule has 0 bridgehead atoms. The summed E-state index contributed by atoms with van der Waals surface area (Å²) >= 11 is 0. The molecule has 2 amide bonds. The number of hydrogen-bond acceptors (Lipinski definition) is 2. The molecular formula is C20H32N2O2. The van der Waals surface area contributed by atoms with Crippen molar-refractivity contribution in [2.24, 2.45) is 5.92 Å². The quantitative estimate of drug-likeness (QED) is 0.618. The molecule has 3 aliphatic rings. The van der Waals surface area contributed by atoms with Crippen molar-refractivity contribution in [3.8, 4) is 0 Å². The first-order valence-corrected chi connectivity index (χ1v) is 9.98. The summed E-state index contributed by atoms with van der Waals surface area (Å²) < 4.78 is 0. The molecule has 1 saturated heterocycles. The maximum atomic E-state index is 12.5. The van der Waals surface area contributed by atoms with Crippen molar-refractivity contribution in [2.75, 3.05) is 13.1 Å². The first kappa shape index (κ1) is 17.5. The van der Waals surface area contributed by atoms with E-state index in [0.29, 0.717) is 19.0 Å². The van der Waals surface area contributed by atoms with Crippen LogP contribution in [0.15, 0.2) is 11.6 Å². The molecule has 4 heteroatoms. The van der Waals surface area contributed by atoms with E-state index in [0.717, 1.165) is 25.8 Å². The first-order valence-electron chi connectivity index (χ1n) is 9.98. The van der Waals surface area contributed by atoms with Crippen LogP contribution < -0.4 is 5.32 Å². The minimum absolute atomic E-state index is 0.106. The van der Waals surface area contributed by atoms with Gasteiger partial charge in [0.2, 0.25) is 11.8 Å². The van der Waals surface area contributed by atoms with E-state index in [1.165, 1.54) is 56.9 Å². The van der Waals surface area contributed by atoms with Crippen LogP contribution in [-0.2, 0) is 9.59 Å². The molecule has 1 unspecified atom stereocenters. The van der Waals surface area contributed by atoms with E-state index in [1.54, 1.807) is 0 Å². The summed E-state index contributed by atoms with van der Waals surface area (Å²) in [6, 6.07) is 0.330. The Bertz CT molecular complexity index is 478. The predicted octanol–water partition coefficient (Wildman–Crippen LogP) is 3.56. The van der Waals surface area contributed by atoms with Gasteiger partial charge in [0.1, 0.15) is 0 Å². The SMILES string of the molecule is O=C(NC1CCCCCC1)C1CC(=O)N(CCC2=CCCCC2)C1. The molecule has 0 radical (unpaired) electrons. The number of likely N-dealkylation sites (tertiary alicyclic amines) is 1. The second kappa shape index (κ2) is 8.68. The maximum Gasteiger partial charge on any atom is 0.225 e. The van der Waals surface area contributed by atoms with E-state index in [1.807, 2.05) is 4.90 Å². The fourth-order valence-corrected chi connectivity index (χ4v) is 4.32. The number of carbonyl (C=O) groups excluding carboxylic acids is 2. The summed E-state index contributed by atoms with van der Waals surface area (Å²) in [6.07, 6.45) is 15.9. The second-order valence-electron chi connectivity index (χ2n) is 7.80. The van der Waals surface area contributed by atoms with Gasteiger partial charge in [-0.15, -0.1) is 0 Å². The molecule has 1 heterocycles. The predicted molar refractivity (Wildman–Crippen MR) is 95.5 cm³/mol. The zero-order chi connectivity index (χ0) is 16.8. The summed E-state index contributed by atoms with van der Waals surface area (Å²) in [4.78, 5) is 26.7. The van der Waals surface area contributed by atoms with Crippen molar-refractivity contribution < 1.29 is 9.59 Å². The Labute approximate surface area is 146 Å². The lowest BCUT2D eigenvalue weighted by molar-refractivity contribution is -0.129. The van der Waals surface area contributed by atoms with E-state index in [-0.39, 0.29) is 17.7 Å². The molecule has 0 aromatic carbocycles. The topological polar surface area (TPSA) is 49.4 Å². The van der Waals surface area contributed by atoms with Gasteiger partial charge in [-0.05, 0) is 44.9 Å². The molecule has 0 aromatic rings. The Hall–Kier alpha value is -1.32. The van der Waals surface area contributed by atoms with Crippen LogP contribution in [0.3, 0.4) is 0 Å². The minimum Gasteiger partial charge on any atom is -0.353 e. The van der Waals surface area contributed by atoms with Crippen LogP contribution in [-0.4, -0.2) is 35.8 Å². The highest BCUT2D eigenvalue weighted by Crippen LogP contribution is 2.24. The Balaban J connectivity index is 1.44. The van der Waals surface area contributed by atoms with Crippen LogP contribution in [0, 0.1) is 5.92 Å².